The molecule has 4 nitrogen and oxygen atoms in total. The Balaban J connectivity index is 2.84. The van der Waals surface area contributed by atoms with E-state index in [1.54, 1.807) is 6.07 Å². The molecule has 0 saturated heterocycles. The van der Waals surface area contributed by atoms with E-state index in [1.807, 2.05) is 38.1 Å². The van der Waals surface area contributed by atoms with Gasteiger partial charge in [-0.15, -0.1) is 0 Å². The van der Waals surface area contributed by atoms with Gasteiger partial charge in [-0.1, -0.05) is 20.3 Å². The summed E-state index contributed by atoms with van der Waals surface area (Å²) in [4.78, 5) is 14.3. The van der Waals surface area contributed by atoms with Crippen molar-refractivity contribution >= 4 is 17.3 Å². The minimum absolute atomic E-state index is 0.0585. The molecule has 0 spiro atoms. The third-order valence-corrected chi connectivity index (χ3v) is 3.58. The Labute approximate surface area is 122 Å². The quantitative estimate of drug-likeness (QED) is 0.786. The molecule has 0 radical (unpaired) electrons. The summed E-state index contributed by atoms with van der Waals surface area (Å²) >= 11 is 0. The van der Waals surface area contributed by atoms with Crippen LogP contribution in [0.2, 0.25) is 0 Å². The maximum absolute atomic E-state index is 12.4. The van der Waals surface area contributed by atoms with Gasteiger partial charge in [0.15, 0.2) is 0 Å². The van der Waals surface area contributed by atoms with Gasteiger partial charge in [0.25, 0.3) is 5.91 Å². The van der Waals surface area contributed by atoms with Crippen LogP contribution in [0.5, 0.6) is 0 Å². The standard InChI is InChI=1S/C16H27N3O/c1-6-11(2)9-12(3)18-16(20)14-10-13(17)7-8-15(14)19(4)5/h7-8,10-12H,6,9,17H2,1-5H3,(H,18,20). The molecule has 2 atom stereocenters. The highest BCUT2D eigenvalue weighted by atomic mass is 16.1. The molecule has 4 heteroatoms. The van der Waals surface area contributed by atoms with Gasteiger partial charge in [-0.05, 0) is 37.5 Å². The number of nitrogens with zero attached hydrogens (tertiary/aromatic N) is 1. The first-order valence-corrected chi connectivity index (χ1v) is 7.22. The molecule has 0 aliphatic rings. The Morgan fingerprint density at radius 3 is 2.55 bits per heavy atom. The van der Waals surface area contributed by atoms with E-state index in [-0.39, 0.29) is 11.9 Å². The Morgan fingerprint density at radius 2 is 2.00 bits per heavy atom. The van der Waals surface area contributed by atoms with E-state index in [9.17, 15) is 4.79 Å². The molecule has 0 aliphatic carbocycles. The average Bonchev–Trinajstić information content (AvgIpc) is 2.37. The van der Waals surface area contributed by atoms with Crippen LogP contribution < -0.4 is 16.0 Å². The molecule has 0 fully saturated rings. The summed E-state index contributed by atoms with van der Waals surface area (Å²) in [5, 5.41) is 3.06. The number of hydrogen-bond donors (Lipinski definition) is 2. The number of carbonyl (C=O) groups is 1. The van der Waals surface area contributed by atoms with E-state index >= 15 is 0 Å². The van der Waals surface area contributed by atoms with Gasteiger partial charge in [0.1, 0.15) is 0 Å². The first-order valence-electron chi connectivity index (χ1n) is 7.22. The Bertz CT molecular complexity index is 457. The molecule has 1 rings (SSSR count). The molecule has 1 aromatic carbocycles. The number of hydrogen-bond acceptors (Lipinski definition) is 3. The number of anilines is 2. The molecule has 3 N–H and O–H groups in total. The van der Waals surface area contributed by atoms with Crippen molar-refractivity contribution in [3.63, 3.8) is 0 Å². The highest BCUT2D eigenvalue weighted by Crippen LogP contribution is 2.21. The number of rotatable bonds is 6. The lowest BCUT2D eigenvalue weighted by Gasteiger charge is -2.21. The van der Waals surface area contributed by atoms with Gasteiger partial charge in [0.2, 0.25) is 0 Å². The fraction of sp³-hybridized carbons (Fsp3) is 0.562. The summed E-state index contributed by atoms with van der Waals surface area (Å²) in [5.74, 6) is 0.552. The third kappa shape index (κ3) is 4.44. The van der Waals surface area contributed by atoms with Crippen LogP contribution in [0, 0.1) is 5.92 Å². The largest absolute Gasteiger partial charge is 0.399 e. The van der Waals surface area contributed by atoms with E-state index in [4.69, 9.17) is 5.73 Å². The number of carbonyl (C=O) groups excluding carboxylic acids is 1. The van der Waals surface area contributed by atoms with Crippen molar-refractivity contribution in [2.75, 3.05) is 24.7 Å². The van der Waals surface area contributed by atoms with Crippen LogP contribution in [-0.4, -0.2) is 26.0 Å². The highest BCUT2D eigenvalue weighted by Gasteiger charge is 2.16. The van der Waals surface area contributed by atoms with Crippen molar-refractivity contribution in [3.8, 4) is 0 Å². The van der Waals surface area contributed by atoms with E-state index in [2.05, 4.69) is 19.2 Å². The van der Waals surface area contributed by atoms with Crippen LogP contribution in [0.25, 0.3) is 0 Å². The minimum Gasteiger partial charge on any atom is -0.399 e. The second kappa shape index (κ2) is 7.17. The van der Waals surface area contributed by atoms with Gasteiger partial charge in [0.05, 0.1) is 5.56 Å². The normalized spacial score (nSPS) is 13.7. The van der Waals surface area contributed by atoms with Crippen molar-refractivity contribution in [2.45, 2.75) is 39.7 Å². The number of amides is 1. The van der Waals surface area contributed by atoms with Crippen LogP contribution in [0.3, 0.4) is 0 Å². The molecular formula is C16H27N3O. The zero-order chi connectivity index (χ0) is 15.3. The predicted molar refractivity (Wildman–Crippen MR) is 86.2 cm³/mol. The van der Waals surface area contributed by atoms with Gasteiger partial charge in [-0.2, -0.15) is 0 Å². The van der Waals surface area contributed by atoms with Crippen molar-refractivity contribution < 1.29 is 4.79 Å². The Hall–Kier alpha value is -1.71. The minimum atomic E-state index is -0.0585. The fourth-order valence-electron chi connectivity index (χ4n) is 2.26. The van der Waals surface area contributed by atoms with Gasteiger partial charge in [0, 0.05) is 31.5 Å². The molecule has 20 heavy (non-hydrogen) atoms. The fourth-order valence-corrected chi connectivity index (χ4v) is 2.26. The lowest BCUT2D eigenvalue weighted by atomic mass is 10.00. The van der Waals surface area contributed by atoms with Crippen molar-refractivity contribution in [3.05, 3.63) is 23.8 Å². The molecule has 0 aromatic heterocycles. The van der Waals surface area contributed by atoms with E-state index in [1.165, 1.54) is 0 Å². The van der Waals surface area contributed by atoms with Crippen LogP contribution in [-0.2, 0) is 0 Å². The summed E-state index contributed by atoms with van der Waals surface area (Å²) in [5.41, 5.74) is 7.92. The smallest absolute Gasteiger partial charge is 0.253 e. The van der Waals surface area contributed by atoms with Crippen molar-refractivity contribution in [2.24, 2.45) is 5.92 Å². The Morgan fingerprint density at radius 1 is 1.35 bits per heavy atom. The average molecular weight is 277 g/mol. The van der Waals surface area contributed by atoms with Gasteiger partial charge < -0.3 is 16.0 Å². The number of nitrogens with two attached hydrogens (primary N) is 1. The van der Waals surface area contributed by atoms with Crippen molar-refractivity contribution in [1.82, 2.24) is 5.32 Å². The van der Waals surface area contributed by atoms with Gasteiger partial charge >= 0.3 is 0 Å². The first kappa shape index (κ1) is 16.3. The number of benzene rings is 1. The molecule has 112 valence electrons. The summed E-state index contributed by atoms with van der Waals surface area (Å²) in [6.45, 7) is 6.42. The van der Waals surface area contributed by atoms with Crippen LogP contribution >= 0.6 is 0 Å². The SMILES string of the molecule is CCC(C)CC(C)NC(=O)c1cc(N)ccc1N(C)C. The zero-order valence-electron chi connectivity index (χ0n) is 13.2. The summed E-state index contributed by atoms with van der Waals surface area (Å²) in [6.07, 6.45) is 2.11. The van der Waals surface area contributed by atoms with E-state index in [0.717, 1.165) is 18.5 Å². The van der Waals surface area contributed by atoms with Crippen LogP contribution in [0.15, 0.2) is 18.2 Å². The Kier molecular flexibility index (Phi) is 5.86. The number of nitrogen functional groups attached to an aromatic ring is 1. The van der Waals surface area contributed by atoms with E-state index in [0.29, 0.717) is 17.2 Å². The molecule has 2 unspecified atom stereocenters. The van der Waals surface area contributed by atoms with Crippen LogP contribution in [0.1, 0.15) is 44.0 Å². The maximum atomic E-state index is 12.4. The maximum Gasteiger partial charge on any atom is 0.253 e. The summed E-state index contributed by atoms with van der Waals surface area (Å²) in [7, 11) is 3.84. The molecule has 1 amide bonds. The topological polar surface area (TPSA) is 58.4 Å². The third-order valence-electron chi connectivity index (χ3n) is 3.58. The lowest BCUT2D eigenvalue weighted by Crippen LogP contribution is -2.34. The summed E-state index contributed by atoms with van der Waals surface area (Å²) in [6, 6.07) is 5.59. The van der Waals surface area contributed by atoms with Crippen LogP contribution in [0.4, 0.5) is 11.4 Å². The lowest BCUT2D eigenvalue weighted by molar-refractivity contribution is 0.0936. The molecule has 0 aliphatic heterocycles. The molecular weight excluding hydrogens is 250 g/mol. The molecule has 0 bridgehead atoms. The number of nitrogens with one attached hydrogen (secondary N) is 1. The van der Waals surface area contributed by atoms with E-state index < -0.39 is 0 Å². The summed E-state index contributed by atoms with van der Waals surface area (Å²) < 4.78 is 0. The molecule has 0 saturated carbocycles. The van der Waals surface area contributed by atoms with Gasteiger partial charge in [-0.3, -0.25) is 4.79 Å². The predicted octanol–water partition coefficient (Wildman–Crippen LogP) is 2.89. The highest BCUT2D eigenvalue weighted by molar-refractivity contribution is 6.00. The second-order valence-corrected chi connectivity index (χ2v) is 5.79. The monoisotopic (exact) mass is 277 g/mol. The zero-order valence-corrected chi connectivity index (χ0v) is 13.2. The molecule has 1 aromatic rings. The van der Waals surface area contributed by atoms with Crippen molar-refractivity contribution in [1.29, 1.82) is 0 Å². The second-order valence-electron chi connectivity index (χ2n) is 5.79. The first-order chi connectivity index (χ1) is 9.35. The molecule has 0 heterocycles. The van der Waals surface area contributed by atoms with Gasteiger partial charge in [-0.25, -0.2) is 0 Å².